The van der Waals surface area contributed by atoms with Crippen molar-refractivity contribution in [2.75, 3.05) is 17.5 Å². The van der Waals surface area contributed by atoms with E-state index in [1.165, 1.54) is 41.3 Å². The Labute approximate surface area is 262 Å². The van der Waals surface area contributed by atoms with Crippen molar-refractivity contribution in [2.45, 2.75) is 64.1 Å². The molecule has 0 saturated heterocycles. The van der Waals surface area contributed by atoms with Gasteiger partial charge in [0.25, 0.3) is 10.0 Å². The van der Waals surface area contributed by atoms with E-state index < -0.39 is 45.8 Å². The molecule has 12 heteroatoms. The number of sulfonamides is 1. The first-order valence-electron chi connectivity index (χ1n) is 13.7. The summed E-state index contributed by atoms with van der Waals surface area (Å²) in [5, 5.41) is 3.50. The lowest BCUT2D eigenvalue weighted by atomic mass is 10.1. The molecule has 0 spiro atoms. The standard InChI is InChI=1S/C31H36Cl2FN3O5S/c1-6-28(30(39)35-31(3,4)5)36(19-21-8-17-26(32)27(33)18-21)29(38)20-37(23-11-9-22(34)10-12-23)43(40,41)25-15-13-24(14-16-25)42-7-2/h8-18,28H,6-7,19-20H2,1-5H3,(H,35,39)/t28-/m0/s1. The van der Waals surface area contributed by atoms with E-state index in [2.05, 4.69) is 5.32 Å². The topological polar surface area (TPSA) is 96.0 Å². The second-order valence-electron chi connectivity index (χ2n) is 10.8. The smallest absolute Gasteiger partial charge is 0.264 e. The van der Waals surface area contributed by atoms with Crippen LogP contribution < -0.4 is 14.4 Å². The van der Waals surface area contributed by atoms with Gasteiger partial charge < -0.3 is 15.0 Å². The summed E-state index contributed by atoms with van der Waals surface area (Å²) in [5.41, 5.74) is 0.0812. The van der Waals surface area contributed by atoms with Crippen molar-refractivity contribution in [2.24, 2.45) is 0 Å². The molecule has 3 aromatic rings. The molecule has 0 aliphatic rings. The van der Waals surface area contributed by atoms with Crippen LogP contribution in [0.15, 0.2) is 71.6 Å². The molecular weight excluding hydrogens is 616 g/mol. The number of amides is 2. The van der Waals surface area contributed by atoms with Crippen molar-refractivity contribution in [3.8, 4) is 5.75 Å². The Hall–Kier alpha value is -3.34. The van der Waals surface area contributed by atoms with Gasteiger partial charge in [-0.3, -0.25) is 13.9 Å². The van der Waals surface area contributed by atoms with Crippen LogP contribution in [0.3, 0.4) is 0 Å². The molecule has 232 valence electrons. The molecule has 0 aromatic heterocycles. The highest BCUT2D eigenvalue weighted by atomic mass is 35.5. The molecular formula is C31H36Cl2FN3O5S. The van der Waals surface area contributed by atoms with Crippen molar-refractivity contribution in [1.29, 1.82) is 0 Å². The molecule has 3 rings (SSSR count). The Morgan fingerprint density at radius 2 is 1.58 bits per heavy atom. The van der Waals surface area contributed by atoms with E-state index in [0.717, 1.165) is 16.4 Å². The van der Waals surface area contributed by atoms with Gasteiger partial charge in [-0.05, 0) is 100 Å². The third-order valence-electron chi connectivity index (χ3n) is 6.34. The summed E-state index contributed by atoms with van der Waals surface area (Å²) in [6.45, 7) is 8.72. The molecule has 0 aliphatic heterocycles. The van der Waals surface area contributed by atoms with Crippen LogP contribution in [0.1, 0.15) is 46.6 Å². The summed E-state index contributed by atoms with van der Waals surface area (Å²) in [4.78, 5) is 28.8. The molecule has 0 unspecified atom stereocenters. The maximum absolute atomic E-state index is 14.1. The van der Waals surface area contributed by atoms with Crippen LogP contribution in [0, 0.1) is 5.82 Å². The van der Waals surface area contributed by atoms with Crippen LogP contribution in [0.4, 0.5) is 10.1 Å². The molecule has 0 fully saturated rings. The average Bonchev–Trinajstić information content (AvgIpc) is 2.93. The summed E-state index contributed by atoms with van der Waals surface area (Å²) in [6.07, 6.45) is 0.247. The maximum Gasteiger partial charge on any atom is 0.264 e. The van der Waals surface area contributed by atoms with Crippen LogP contribution in [0.2, 0.25) is 10.0 Å². The zero-order valence-corrected chi connectivity index (χ0v) is 27.1. The summed E-state index contributed by atoms with van der Waals surface area (Å²) >= 11 is 12.3. The van der Waals surface area contributed by atoms with E-state index in [9.17, 15) is 22.4 Å². The lowest BCUT2D eigenvalue weighted by molar-refractivity contribution is -0.141. The number of hydrogen-bond donors (Lipinski definition) is 1. The molecule has 1 N–H and O–H groups in total. The van der Waals surface area contributed by atoms with E-state index in [1.54, 1.807) is 25.1 Å². The molecule has 1 atom stereocenters. The van der Waals surface area contributed by atoms with Crippen LogP contribution in [0.5, 0.6) is 5.75 Å². The van der Waals surface area contributed by atoms with Gasteiger partial charge in [-0.2, -0.15) is 0 Å². The fourth-order valence-electron chi connectivity index (χ4n) is 4.34. The molecule has 43 heavy (non-hydrogen) atoms. The van der Waals surface area contributed by atoms with Gasteiger partial charge in [0.15, 0.2) is 0 Å². The van der Waals surface area contributed by atoms with Crippen molar-refractivity contribution in [3.63, 3.8) is 0 Å². The highest BCUT2D eigenvalue weighted by molar-refractivity contribution is 7.92. The normalized spacial score (nSPS) is 12.4. The summed E-state index contributed by atoms with van der Waals surface area (Å²) in [6, 6.07) is 14.5. The third kappa shape index (κ3) is 9.08. The minimum Gasteiger partial charge on any atom is -0.494 e. The highest BCUT2D eigenvalue weighted by Gasteiger charge is 2.34. The van der Waals surface area contributed by atoms with Gasteiger partial charge in [0, 0.05) is 12.1 Å². The quantitative estimate of drug-likeness (QED) is 0.243. The average molecular weight is 653 g/mol. The number of halogens is 3. The van der Waals surface area contributed by atoms with Gasteiger partial charge in [-0.1, -0.05) is 36.2 Å². The number of hydrogen-bond acceptors (Lipinski definition) is 5. The Morgan fingerprint density at radius 3 is 2.12 bits per heavy atom. The Bertz CT molecular complexity index is 1530. The van der Waals surface area contributed by atoms with Crippen molar-refractivity contribution in [3.05, 3.63) is 88.2 Å². The Morgan fingerprint density at radius 1 is 0.953 bits per heavy atom. The second kappa shape index (κ2) is 14.4. The number of ether oxygens (including phenoxy) is 1. The van der Waals surface area contributed by atoms with Gasteiger partial charge in [0.1, 0.15) is 24.2 Å². The molecule has 8 nitrogen and oxygen atoms in total. The first-order valence-corrected chi connectivity index (χ1v) is 15.9. The molecule has 3 aromatic carbocycles. The zero-order chi connectivity index (χ0) is 31.9. The minimum atomic E-state index is -4.33. The monoisotopic (exact) mass is 651 g/mol. The van der Waals surface area contributed by atoms with Crippen molar-refractivity contribution < 1.29 is 27.1 Å². The van der Waals surface area contributed by atoms with Crippen molar-refractivity contribution in [1.82, 2.24) is 10.2 Å². The number of carbonyl (C=O) groups excluding carboxylic acids is 2. The fraction of sp³-hybridized carbons (Fsp3) is 0.355. The van der Waals surface area contributed by atoms with Gasteiger partial charge in [-0.15, -0.1) is 0 Å². The Balaban J connectivity index is 2.07. The van der Waals surface area contributed by atoms with Gasteiger partial charge >= 0.3 is 0 Å². The number of rotatable bonds is 12. The summed E-state index contributed by atoms with van der Waals surface area (Å²) in [7, 11) is -4.33. The predicted molar refractivity (Wildman–Crippen MR) is 168 cm³/mol. The number of nitrogens with one attached hydrogen (secondary N) is 1. The SMILES string of the molecule is CCOc1ccc(S(=O)(=O)N(CC(=O)N(Cc2ccc(Cl)c(Cl)c2)[C@@H](CC)C(=O)NC(C)(C)C)c2ccc(F)cc2)cc1. The van der Waals surface area contributed by atoms with E-state index in [4.69, 9.17) is 27.9 Å². The summed E-state index contributed by atoms with van der Waals surface area (Å²) < 4.78 is 48.1. The summed E-state index contributed by atoms with van der Waals surface area (Å²) in [5.74, 6) is -1.14. The molecule has 0 heterocycles. The molecule has 0 bridgehead atoms. The number of benzene rings is 3. The maximum atomic E-state index is 14.1. The second-order valence-corrected chi connectivity index (χ2v) is 13.5. The van der Waals surface area contributed by atoms with E-state index in [-0.39, 0.29) is 28.6 Å². The van der Waals surface area contributed by atoms with Crippen LogP contribution in [0.25, 0.3) is 0 Å². The number of carbonyl (C=O) groups is 2. The van der Waals surface area contributed by atoms with Gasteiger partial charge in [0.2, 0.25) is 11.8 Å². The first-order chi connectivity index (χ1) is 20.2. The lowest BCUT2D eigenvalue weighted by Crippen LogP contribution is -2.55. The van der Waals surface area contributed by atoms with E-state index in [0.29, 0.717) is 22.9 Å². The number of nitrogens with zero attached hydrogens (tertiary/aromatic N) is 2. The zero-order valence-electron chi connectivity index (χ0n) is 24.7. The number of anilines is 1. The van der Waals surface area contributed by atoms with Gasteiger partial charge in [-0.25, -0.2) is 12.8 Å². The fourth-order valence-corrected chi connectivity index (χ4v) is 6.08. The van der Waals surface area contributed by atoms with Crippen LogP contribution in [-0.2, 0) is 26.2 Å². The minimum absolute atomic E-state index is 0.0495. The predicted octanol–water partition coefficient (Wildman–Crippen LogP) is 6.45. The van der Waals surface area contributed by atoms with Crippen molar-refractivity contribution >= 4 is 50.7 Å². The third-order valence-corrected chi connectivity index (χ3v) is 8.86. The highest BCUT2D eigenvalue weighted by Crippen LogP contribution is 2.28. The first kappa shape index (κ1) is 34.2. The molecule has 0 aliphatic carbocycles. The Kier molecular flexibility index (Phi) is 11.5. The largest absolute Gasteiger partial charge is 0.494 e. The molecule has 0 saturated carbocycles. The van der Waals surface area contributed by atoms with E-state index >= 15 is 0 Å². The van der Waals surface area contributed by atoms with Gasteiger partial charge in [0.05, 0.1) is 27.2 Å². The van der Waals surface area contributed by atoms with Crippen LogP contribution >= 0.6 is 23.2 Å². The lowest BCUT2D eigenvalue weighted by Gasteiger charge is -2.34. The van der Waals surface area contributed by atoms with Crippen LogP contribution in [-0.4, -0.2) is 49.9 Å². The molecule has 0 radical (unpaired) electrons. The van der Waals surface area contributed by atoms with E-state index in [1.807, 2.05) is 27.7 Å². The molecule has 2 amide bonds.